The van der Waals surface area contributed by atoms with Crippen LogP contribution in [0, 0.1) is 5.82 Å². The Kier molecular flexibility index (Phi) is 4.92. The number of benzene rings is 1. The van der Waals surface area contributed by atoms with Gasteiger partial charge in [0.15, 0.2) is 0 Å². The molecule has 0 saturated carbocycles. The third-order valence-electron chi connectivity index (χ3n) is 2.17. The number of carbonyl (C=O) groups excluding carboxylic acids is 1. The lowest BCUT2D eigenvalue weighted by atomic mass is 10.2. The normalized spacial score (nSPS) is 12.2. The van der Waals surface area contributed by atoms with Crippen LogP contribution in [-0.2, 0) is 16.1 Å². The first-order valence-electron chi connectivity index (χ1n) is 5.28. The van der Waals surface area contributed by atoms with Gasteiger partial charge in [-0.25, -0.2) is 4.39 Å². The standard InChI is InChI=1S/C12H16FNO2/c1-3-16-12(15)9(2)14-8-10-4-6-11(13)7-5-10/h4-7,9,14H,3,8H2,1-2H3. The Balaban J connectivity index is 2.39. The van der Waals surface area contributed by atoms with Crippen molar-refractivity contribution >= 4 is 5.97 Å². The average molecular weight is 225 g/mol. The average Bonchev–Trinajstić information content (AvgIpc) is 2.28. The van der Waals surface area contributed by atoms with Gasteiger partial charge in [0.25, 0.3) is 0 Å². The van der Waals surface area contributed by atoms with Crippen LogP contribution in [0.5, 0.6) is 0 Å². The zero-order valence-electron chi connectivity index (χ0n) is 9.50. The molecule has 0 amide bonds. The number of ether oxygens (including phenoxy) is 1. The number of esters is 1. The topological polar surface area (TPSA) is 38.3 Å². The zero-order chi connectivity index (χ0) is 12.0. The molecule has 1 unspecified atom stereocenters. The molecule has 0 aliphatic heterocycles. The third-order valence-corrected chi connectivity index (χ3v) is 2.17. The van der Waals surface area contributed by atoms with Gasteiger partial charge in [-0.2, -0.15) is 0 Å². The monoisotopic (exact) mass is 225 g/mol. The Morgan fingerprint density at radius 1 is 1.44 bits per heavy atom. The molecule has 0 fully saturated rings. The van der Waals surface area contributed by atoms with Crippen LogP contribution in [0.25, 0.3) is 0 Å². The minimum Gasteiger partial charge on any atom is -0.465 e. The SMILES string of the molecule is CCOC(=O)C(C)NCc1ccc(F)cc1. The highest BCUT2D eigenvalue weighted by Gasteiger charge is 2.12. The van der Waals surface area contributed by atoms with Crippen molar-refractivity contribution in [2.45, 2.75) is 26.4 Å². The van der Waals surface area contributed by atoms with Gasteiger partial charge in [0.2, 0.25) is 0 Å². The summed E-state index contributed by atoms with van der Waals surface area (Å²) in [6.45, 7) is 4.40. The van der Waals surface area contributed by atoms with Crippen molar-refractivity contribution in [3.63, 3.8) is 0 Å². The quantitative estimate of drug-likeness (QED) is 0.777. The fourth-order valence-electron chi connectivity index (χ4n) is 1.22. The van der Waals surface area contributed by atoms with Crippen LogP contribution in [0.4, 0.5) is 4.39 Å². The van der Waals surface area contributed by atoms with Gasteiger partial charge in [-0.15, -0.1) is 0 Å². The van der Waals surface area contributed by atoms with Gasteiger partial charge in [0.05, 0.1) is 6.61 Å². The van der Waals surface area contributed by atoms with E-state index < -0.39 is 0 Å². The first-order valence-corrected chi connectivity index (χ1v) is 5.28. The lowest BCUT2D eigenvalue weighted by Crippen LogP contribution is -2.34. The molecule has 0 aliphatic rings. The molecule has 16 heavy (non-hydrogen) atoms. The smallest absolute Gasteiger partial charge is 0.322 e. The van der Waals surface area contributed by atoms with Crippen molar-refractivity contribution < 1.29 is 13.9 Å². The number of halogens is 1. The number of rotatable bonds is 5. The first kappa shape index (κ1) is 12.6. The van der Waals surface area contributed by atoms with Crippen molar-refractivity contribution in [3.05, 3.63) is 35.6 Å². The minimum atomic E-state index is -0.356. The van der Waals surface area contributed by atoms with Crippen LogP contribution in [0.15, 0.2) is 24.3 Å². The van der Waals surface area contributed by atoms with Gasteiger partial charge in [-0.1, -0.05) is 12.1 Å². The molecule has 1 atom stereocenters. The minimum absolute atomic E-state index is 0.262. The fourth-order valence-corrected chi connectivity index (χ4v) is 1.22. The predicted molar refractivity (Wildman–Crippen MR) is 59.3 cm³/mol. The van der Waals surface area contributed by atoms with Gasteiger partial charge >= 0.3 is 5.97 Å². The molecule has 0 heterocycles. The van der Waals surface area contributed by atoms with Gasteiger partial charge in [0, 0.05) is 6.54 Å². The zero-order valence-corrected chi connectivity index (χ0v) is 9.50. The molecule has 4 heteroatoms. The number of nitrogens with one attached hydrogen (secondary N) is 1. The maximum Gasteiger partial charge on any atom is 0.322 e. The molecule has 1 N–H and O–H groups in total. The van der Waals surface area contributed by atoms with E-state index in [0.29, 0.717) is 13.2 Å². The summed E-state index contributed by atoms with van der Waals surface area (Å²) in [6, 6.07) is 5.79. The van der Waals surface area contributed by atoms with E-state index in [1.165, 1.54) is 12.1 Å². The van der Waals surface area contributed by atoms with Crippen molar-refractivity contribution in [1.82, 2.24) is 5.32 Å². The summed E-state index contributed by atoms with van der Waals surface area (Å²) in [4.78, 5) is 11.3. The Morgan fingerprint density at radius 2 is 2.06 bits per heavy atom. The highest BCUT2D eigenvalue weighted by atomic mass is 19.1. The summed E-state index contributed by atoms with van der Waals surface area (Å²) in [5.41, 5.74) is 0.928. The summed E-state index contributed by atoms with van der Waals surface area (Å²) >= 11 is 0. The van der Waals surface area contributed by atoms with E-state index in [1.807, 2.05) is 0 Å². The lowest BCUT2D eigenvalue weighted by molar-refractivity contribution is -0.145. The highest BCUT2D eigenvalue weighted by molar-refractivity contribution is 5.75. The van der Waals surface area contributed by atoms with E-state index in [9.17, 15) is 9.18 Å². The second kappa shape index (κ2) is 6.23. The van der Waals surface area contributed by atoms with Crippen LogP contribution in [0.2, 0.25) is 0 Å². The Morgan fingerprint density at radius 3 is 2.62 bits per heavy atom. The van der Waals surface area contributed by atoms with Gasteiger partial charge < -0.3 is 10.1 Å². The van der Waals surface area contributed by atoms with Crippen LogP contribution >= 0.6 is 0 Å². The summed E-state index contributed by atoms with van der Waals surface area (Å²) in [7, 11) is 0. The molecular formula is C12H16FNO2. The maximum atomic E-state index is 12.6. The molecule has 1 aromatic rings. The Labute approximate surface area is 94.6 Å². The molecule has 0 spiro atoms. The summed E-state index contributed by atoms with van der Waals surface area (Å²) in [6.07, 6.45) is 0. The van der Waals surface area contributed by atoms with Crippen molar-refractivity contribution in [1.29, 1.82) is 0 Å². The molecule has 0 bridgehead atoms. The van der Waals surface area contributed by atoms with E-state index in [4.69, 9.17) is 4.74 Å². The molecule has 0 aromatic heterocycles. The molecule has 88 valence electrons. The summed E-state index contributed by atoms with van der Waals surface area (Å²) in [5, 5.41) is 3.01. The molecule has 1 aromatic carbocycles. The van der Waals surface area contributed by atoms with E-state index in [1.54, 1.807) is 26.0 Å². The molecule has 1 rings (SSSR count). The van der Waals surface area contributed by atoms with Crippen LogP contribution in [0.3, 0.4) is 0 Å². The maximum absolute atomic E-state index is 12.6. The van der Waals surface area contributed by atoms with Crippen LogP contribution in [0.1, 0.15) is 19.4 Å². The van der Waals surface area contributed by atoms with E-state index >= 15 is 0 Å². The third kappa shape index (κ3) is 3.98. The van der Waals surface area contributed by atoms with Crippen LogP contribution in [-0.4, -0.2) is 18.6 Å². The van der Waals surface area contributed by atoms with E-state index in [0.717, 1.165) is 5.56 Å². The molecule has 3 nitrogen and oxygen atoms in total. The van der Waals surface area contributed by atoms with Gasteiger partial charge in [0.1, 0.15) is 11.9 Å². The van der Waals surface area contributed by atoms with Gasteiger partial charge in [-0.05, 0) is 31.5 Å². The second-order valence-electron chi connectivity index (χ2n) is 3.48. The van der Waals surface area contributed by atoms with E-state index in [-0.39, 0.29) is 17.8 Å². The molecule has 0 saturated heterocycles. The van der Waals surface area contributed by atoms with Gasteiger partial charge in [-0.3, -0.25) is 4.79 Å². The predicted octanol–water partition coefficient (Wildman–Crippen LogP) is 1.87. The van der Waals surface area contributed by atoms with Crippen molar-refractivity contribution in [2.75, 3.05) is 6.61 Å². The lowest BCUT2D eigenvalue weighted by Gasteiger charge is -2.12. The molecule has 0 radical (unpaired) electrons. The Bertz CT molecular complexity index is 337. The van der Waals surface area contributed by atoms with E-state index in [2.05, 4.69) is 5.32 Å². The number of hydrogen-bond acceptors (Lipinski definition) is 3. The first-order chi connectivity index (χ1) is 7.63. The number of hydrogen-bond donors (Lipinski definition) is 1. The van der Waals surface area contributed by atoms with Crippen molar-refractivity contribution in [3.8, 4) is 0 Å². The van der Waals surface area contributed by atoms with Crippen molar-refractivity contribution in [2.24, 2.45) is 0 Å². The highest BCUT2D eigenvalue weighted by Crippen LogP contribution is 2.02. The summed E-state index contributed by atoms with van der Waals surface area (Å²) in [5.74, 6) is -0.535. The van der Waals surface area contributed by atoms with Crippen LogP contribution < -0.4 is 5.32 Å². The number of carbonyl (C=O) groups is 1. The second-order valence-corrected chi connectivity index (χ2v) is 3.48. The largest absolute Gasteiger partial charge is 0.465 e. The molecular weight excluding hydrogens is 209 g/mol. The molecule has 0 aliphatic carbocycles. The summed E-state index contributed by atoms with van der Waals surface area (Å²) < 4.78 is 17.5. The fraction of sp³-hybridized carbons (Fsp3) is 0.417. The Hall–Kier alpha value is -1.42.